The molecule has 0 aliphatic carbocycles. The van der Waals surface area contributed by atoms with Gasteiger partial charge in [-0.2, -0.15) is 0 Å². The molecule has 0 spiro atoms. The number of carbonyl (C=O) groups excluding carboxylic acids is 1. The van der Waals surface area contributed by atoms with Crippen LogP contribution in [-0.4, -0.2) is 47.7 Å². The van der Waals surface area contributed by atoms with E-state index in [0.29, 0.717) is 42.7 Å². The van der Waals surface area contributed by atoms with Gasteiger partial charge in [0.2, 0.25) is 5.91 Å². The van der Waals surface area contributed by atoms with Gasteiger partial charge >= 0.3 is 0 Å². The molecule has 1 aliphatic rings. The summed E-state index contributed by atoms with van der Waals surface area (Å²) in [6.07, 6.45) is 7.03. The molecule has 0 radical (unpaired) electrons. The molecule has 0 saturated carbocycles. The van der Waals surface area contributed by atoms with Crippen molar-refractivity contribution in [2.45, 2.75) is 19.3 Å². The topological polar surface area (TPSA) is 98.3 Å². The van der Waals surface area contributed by atoms with E-state index in [1.54, 1.807) is 25.6 Å². The third-order valence-corrected chi connectivity index (χ3v) is 4.76. The summed E-state index contributed by atoms with van der Waals surface area (Å²) in [4.78, 5) is 25.4. The van der Waals surface area contributed by atoms with Gasteiger partial charge in [-0.3, -0.25) is 4.79 Å². The number of pyridine rings is 3. The molecule has 158 valence electrons. The van der Waals surface area contributed by atoms with Gasteiger partial charge in [-0.25, -0.2) is 15.0 Å². The molecule has 4 bridgehead atoms. The zero-order chi connectivity index (χ0) is 21.5. The van der Waals surface area contributed by atoms with Crippen LogP contribution in [0, 0.1) is 11.8 Å². The molecular weight excluding hydrogens is 394 g/mol. The predicted octanol–water partition coefficient (Wildman–Crippen LogP) is 2.98. The van der Waals surface area contributed by atoms with Crippen molar-refractivity contribution >= 4 is 28.3 Å². The van der Waals surface area contributed by atoms with Gasteiger partial charge in [-0.15, -0.1) is 0 Å². The van der Waals surface area contributed by atoms with E-state index in [9.17, 15) is 4.79 Å². The second-order valence-corrected chi connectivity index (χ2v) is 6.98. The number of ether oxygens (including phenoxy) is 2. The van der Waals surface area contributed by atoms with Gasteiger partial charge in [-0.1, -0.05) is 5.92 Å². The van der Waals surface area contributed by atoms with Crippen LogP contribution in [0.1, 0.15) is 30.5 Å². The summed E-state index contributed by atoms with van der Waals surface area (Å²) in [6, 6.07) is 5.45. The molecule has 1 aliphatic heterocycles. The van der Waals surface area contributed by atoms with E-state index in [0.717, 1.165) is 29.4 Å². The molecule has 4 heterocycles. The Morgan fingerprint density at radius 2 is 1.94 bits per heavy atom. The zero-order valence-electron chi connectivity index (χ0n) is 17.3. The lowest BCUT2D eigenvalue weighted by atomic mass is 10.1. The van der Waals surface area contributed by atoms with Crippen molar-refractivity contribution in [3.63, 3.8) is 0 Å². The summed E-state index contributed by atoms with van der Waals surface area (Å²) < 4.78 is 11.4. The Bertz CT molecular complexity index is 1150. The number of aromatic nitrogens is 3. The molecule has 0 saturated heterocycles. The Morgan fingerprint density at radius 1 is 1.03 bits per heavy atom. The molecule has 3 aromatic heterocycles. The molecule has 8 nitrogen and oxygen atoms in total. The van der Waals surface area contributed by atoms with Gasteiger partial charge < -0.3 is 20.1 Å². The monoisotopic (exact) mass is 417 g/mol. The Hall–Kier alpha value is -3.70. The normalized spacial score (nSPS) is 14.9. The van der Waals surface area contributed by atoms with E-state index < -0.39 is 0 Å². The van der Waals surface area contributed by atoms with Gasteiger partial charge in [0.05, 0.1) is 25.2 Å². The minimum Gasteiger partial charge on any atom is -0.493 e. The van der Waals surface area contributed by atoms with E-state index in [1.165, 1.54) is 0 Å². The Labute approximate surface area is 180 Å². The molecular formula is C23H23N5O3. The van der Waals surface area contributed by atoms with Crippen LogP contribution in [0.15, 0.2) is 36.8 Å². The van der Waals surface area contributed by atoms with Crippen molar-refractivity contribution < 1.29 is 14.3 Å². The first-order chi connectivity index (χ1) is 15.2. The first-order valence-corrected chi connectivity index (χ1v) is 10.2. The number of anilines is 2. The maximum absolute atomic E-state index is 12.3. The highest BCUT2D eigenvalue weighted by Gasteiger charge is 2.10. The first-order valence-electron chi connectivity index (χ1n) is 10.2. The second-order valence-electron chi connectivity index (χ2n) is 6.98. The Balaban J connectivity index is 1.74. The van der Waals surface area contributed by atoms with Crippen LogP contribution < -0.4 is 15.4 Å². The van der Waals surface area contributed by atoms with Crippen LogP contribution in [0.25, 0.3) is 10.8 Å². The summed E-state index contributed by atoms with van der Waals surface area (Å²) in [6.45, 7) is 1.52. The molecule has 0 atom stereocenters. The van der Waals surface area contributed by atoms with Crippen LogP contribution in [0.3, 0.4) is 0 Å². The van der Waals surface area contributed by atoms with E-state index in [1.807, 2.05) is 18.2 Å². The van der Waals surface area contributed by atoms with Gasteiger partial charge in [0.1, 0.15) is 23.1 Å². The third kappa shape index (κ3) is 5.27. The van der Waals surface area contributed by atoms with E-state index in [-0.39, 0.29) is 12.3 Å². The second kappa shape index (κ2) is 9.87. The highest BCUT2D eigenvalue weighted by Crippen LogP contribution is 2.25. The molecule has 3 aromatic rings. The molecule has 4 rings (SSSR count). The standard InChI is InChI=1S/C23H23N5O3/c1-24-23-20-15-26-21-13-19(20)16(14-27-23)4-5-17-12-18(6-8-25-17)31-10-3-2-9-30-11-7-22(29)28-21/h6,8,12-15H,2-3,7,9-11H2,1H3,(H,24,27)(H,26,28,29). The lowest BCUT2D eigenvalue weighted by Gasteiger charge is -2.10. The molecule has 31 heavy (non-hydrogen) atoms. The van der Waals surface area contributed by atoms with Crippen molar-refractivity contribution in [3.05, 3.63) is 48.0 Å². The molecule has 0 fully saturated rings. The van der Waals surface area contributed by atoms with Gasteiger partial charge in [0, 0.05) is 49.1 Å². The summed E-state index contributed by atoms with van der Waals surface area (Å²) in [5.74, 6) is 7.96. The highest BCUT2D eigenvalue weighted by molar-refractivity contribution is 5.98. The van der Waals surface area contributed by atoms with Crippen LogP contribution in [0.4, 0.5) is 11.6 Å². The maximum Gasteiger partial charge on any atom is 0.227 e. The fraction of sp³-hybridized carbons (Fsp3) is 0.304. The molecule has 2 N–H and O–H groups in total. The van der Waals surface area contributed by atoms with Gasteiger partial charge in [0.25, 0.3) is 0 Å². The Kier molecular flexibility index (Phi) is 6.55. The summed E-state index contributed by atoms with van der Waals surface area (Å²) in [5, 5.41) is 7.54. The molecule has 0 unspecified atom stereocenters. The van der Waals surface area contributed by atoms with Crippen LogP contribution in [-0.2, 0) is 9.53 Å². The number of nitrogens with one attached hydrogen (secondary N) is 2. The van der Waals surface area contributed by atoms with E-state index in [2.05, 4.69) is 37.4 Å². The third-order valence-electron chi connectivity index (χ3n) is 4.76. The molecule has 0 aromatic carbocycles. The van der Waals surface area contributed by atoms with E-state index in [4.69, 9.17) is 9.47 Å². The average Bonchev–Trinajstić information content (AvgIpc) is 2.79. The van der Waals surface area contributed by atoms with Gasteiger partial charge in [-0.05, 0) is 30.9 Å². The van der Waals surface area contributed by atoms with E-state index >= 15 is 0 Å². The minimum absolute atomic E-state index is 0.149. The smallest absolute Gasteiger partial charge is 0.227 e. The average molecular weight is 417 g/mol. The maximum atomic E-state index is 12.3. The zero-order valence-corrected chi connectivity index (χ0v) is 17.3. The highest BCUT2D eigenvalue weighted by atomic mass is 16.5. The number of hydrogen-bond donors (Lipinski definition) is 2. The lowest BCUT2D eigenvalue weighted by Crippen LogP contribution is -2.15. The molecule has 8 heteroatoms. The quantitative estimate of drug-likeness (QED) is 0.588. The Morgan fingerprint density at radius 3 is 2.84 bits per heavy atom. The van der Waals surface area contributed by atoms with Gasteiger partial charge in [0.15, 0.2) is 0 Å². The number of rotatable bonds is 1. The van der Waals surface area contributed by atoms with Crippen LogP contribution in [0.2, 0.25) is 0 Å². The predicted molar refractivity (Wildman–Crippen MR) is 118 cm³/mol. The van der Waals surface area contributed by atoms with Crippen LogP contribution >= 0.6 is 0 Å². The van der Waals surface area contributed by atoms with Crippen molar-refractivity contribution in [1.82, 2.24) is 15.0 Å². The number of hydrogen-bond acceptors (Lipinski definition) is 7. The van der Waals surface area contributed by atoms with Crippen molar-refractivity contribution in [2.75, 3.05) is 37.5 Å². The number of nitrogens with zero attached hydrogens (tertiary/aromatic N) is 3. The SMILES string of the molecule is CNc1ncc2c3cc(ncc13)NC(=O)CCOCCCCOc1ccnc(c1)C#C2. The van der Waals surface area contributed by atoms with Crippen LogP contribution in [0.5, 0.6) is 5.75 Å². The fourth-order valence-electron chi connectivity index (χ4n) is 3.17. The van der Waals surface area contributed by atoms with Crippen molar-refractivity contribution in [3.8, 4) is 17.6 Å². The first kappa shape index (κ1) is 20.6. The lowest BCUT2D eigenvalue weighted by molar-refractivity contribution is -0.117. The summed E-state index contributed by atoms with van der Waals surface area (Å²) in [5.41, 5.74) is 1.31. The number of carbonyl (C=O) groups is 1. The van der Waals surface area contributed by atoms with Crippen molar-refractivity contribution in [2.24, 2.45) is 0 Å². The molecule has 1 amide bonds. The summed E-state index contributed by atoms with van der Waals surface area (Å²) >= 11 is 0. The van der Waals surface area contributed by atoms with Crippen molar-refractivity contribution in [1.29, 1.82) is 0 Å². The fourth-order valence-corrected chi connectivity index (χ4v) is 3.17. The number of fused-ring (bicyclic) bond motifs is 3. The number of amides is 1. The largest absolute Gasteiger partial charge is 0.493 e. The minimum atomic E-state index is -0.149. The summed E-state index contributed by atoms with van der Waals surface area (Å²) in [7, 11) is 1.80.